The van der Waals surface area contributed by atoms with Crippen LogP contribution in [0.15, 0.2) is 158 Å². The third-order valence-corrected chi connectivity index (χ3v) is 8.68. The topological polar surface area (TPSA) is 74.6 Å². The first kappa shape index (κ1) is 30.2. The van der Waals surface area contributed by atoms with Gasteiger partial charge in [0.25, 0.3) is 0 Å². The van der Waals surface area contributed by atoms with Crippen LogP contribution in [-0.4, -0.2) is 22.8 Å². The van der Waals surface area contributed by atoms with Crippen molar-refractivity contribution in [2.24, 2.45) is 0 Å². The van der Waals surface area contributed by atoms with Crippen molar-refractivity contribution in [2.45, 2.75) is 0 Å². The standard InChI is InChI=1S/C44H30O4/c45-27-33-23-13-25-35(43(33)47)41-39(31-19-9-3-10-20-31)37(29-15-5-1-6-16-29)38(30-17-7-2-8-18-30)40(32-21-11-4-12-22-32)42(41)36-26-14-24-34(28-46)44(36)48/h1-28,47-48H. The summed E-state index contributed by atoms with van der Waals surface area (Å²) in [5, 5.41) is 23.6. The monoisotopic (exact) mass is 622 g/mol. The fourth-order valence-electron chi connectivity index (χ4n) is 6.58. The van der Waals surface area contributed by atoms with E-state index < -0.39 is 0 Å². The molecule has 230 valence electrons. The van der Waals surface area contributed by atoms with Crippen LogP contribution in [0.1, 0.15) is 20.7 Å². The van der Waals surface area contributed by atoms with E-state index in [1.165, 1.54) is 0 Å². The summed E-state index contributed by atoms with van der Waals surface area (Å²) >= 11 is 0. The lowest BCUT2D eigenvalue weighted by Gasteiger charge is -2.29. The van der Waals surface area contributed by atoms with Gasteiger partial charge in [-0.05, 0) is 56.6 Å². The predicted octanol–water partition coefficient (Wildman–Crippen LogP) is 10.7. The highest BCUT2D eigenvalue weighted by molar-refractivity contribution is 6.16. The zero-order valence-corrected chi connectivity index (χ0v) is 25.9. The van der Waals surface area contributed by atoms with Gasteiger partial charge in [0.1, 0.15) is 11.5 Å². The van der Waals surface area contributed by atoms with E-state index in [-0.39, 0.29) is 22.6 Å². The molecule has 0 aliphatic carbocycles. The molecule has 0 amide bonds. The molecule has 0 atom stereocenters. The maximum atomic E-state index is 12.2. The van der Waals surface area contributed by atoms with E-state index in [0.29, 0.717) is 34.8 Å². The molecule has 0 saturated heterocycles. The summed E-state index contributed by atoms with van der Waals surface area (Å²) < 4.78 is 0. The molecule has 4 heteroatoms. The Kier molecular flexibility index (Phi) is 8.21. The van der Waals surface area contributed by atoms with Gasteiger partial charge < -0.3 is 10.2 Å². The van der Waals surface area contributed by atoms with Gasteiger partial charge in [-0.3, -0.25) is 9.59 Å². The number of aromatic hydroxyl groups is 2. The maximum absolute atomic E-state index is 12.2. The average molecular weight is 623 g/mol. The molecule has 0 unspecified atom stereocenters. The Morgan fingerprint density at radius 2 is 0.583 bits per heavy atom. The third-order valence-electron chi connectivity index (χ3n) is 8.68. The van der Waals surface area contributed by atoms with Crippen molar-refractivity contribution >= 4 is 12.6 Å². The van der Waals surface area contributed by atoms with Crippen molar-refractivity contribution in [1.82, 2.24) is 0 Å². The number of rotatable bonds is 8. The van der Waals surface area contributed by atoms with E-state index in [1.807, 2.05) is 97.1 Å². The lowest BCUT2D eigenvalue weighted by molar-refractivity contribution is 0.111. The van der Waals surface area contributed by atoms with Gasteiger partial charge in [-0.15, -0.1) is 0 Å². The molecule has 48 heavy (non-hydrogen) atoms. The fourth-order valence-corrected chi connectivity index (χ4v) is 6.58. The number of hydrogen-bond donors (Lipinski definition) is 2. The summed E-state index contributed by atoms with van der Waals surface area (Å²) in [5.41, 5.74) is 9.35. The summed E-state index contributed by atoms with van der Waals surface area (Å²) in [6.07, 6.45) is 1.28. The van der Waals surface area contributed by atoms with Crippen LogP contribution >= 0.6 is 0 Å². The highest BCUT2D eigenvalue weighted by atomic mass is 16.3. The van der Waals surface area contributed by atoms with Crippen molar-refractivity contribution in [3.05, 3.63) is 169 Å². The van der Waals surface area contributed by atoms with Gasteiger partial charge in [-0.2, -0.15) is 0 Å². The second-order valence-electron chi connectivity index (χ2n) is 11.4. The normalized spacial score (nSPS) is 10.8. The zero-order chi connectivity index (χ0) is 33.0. The van der Waals surface area contributed by atoms with E-state index in [2.05, 4.69) is 24.3 Å². The number of hydrogen-bond acceptors (Lipinski definition) is 4. The first-order valence-corrected chi connectivity index (χ1v) is 15.6. The summed E-state index contributed by atoms with van der Waals surface area (Å²) in [5.74, 6) is -0.357. The van der Waals surface area contributed by atoms with E-state index in [1.54, 1.807) is 36.4 Å². The molecular formula is C44H30O4. The van der Waals surface area contributed by atoms with Gasteiger partial charge >= 0.3 is 0 Å². The molecule has 0 bridgehead atoms. The Labute approximate surface area is 278 Å². The number of carbonyl (C=O) groups is 2. The van der Waals surface area contributed by atoms with Crippen molar-refractivity contribution in [3.8, 4) is 78.3 Å². The maximum Gasteiger partial charge on any atom is 0.153 e. The molecule has 7 aromatic carbocycles. The number of para-hydroxylation sites is 2. The number of phenolic OH excluding ortho intramolecular Hbond substituents is 2. The SMILES string of the molecule is O=Cc1cccc(-c2c(-c3ccccc3)c(-c3ccccc3)c(-c3ccccc3)c(-c3ccccc3)c2-c2cccc(C=O)c2O)c1O. The Bertz CT molecular complexity index is 2100. The van der Waals surface area contributed by atoms with Crippen LogP contribution in [0.25, 0.3) is 66.8 Å². The number of carbonyl (C=O) groups excluding carboxylic acids is 2. The minimum Gasteiger partial charge on any atom is -0.507 e. The van der Waals surface area contributed by atoms with Crippen molar-refractivity contribution in [3.63, 3.8) is 0 Å². The molecule has 7 rings (SSSR count). The second-order valence-corrected chi connectivity index (χ2v) is 11.4. The Morgan fingerprint density at radius 3 is 0.854 bits per heavy atom. The lowest BCUT2D eigenvalue weighted by Crippen LogP contribution is -2.03. The highest BCUT2D eigenvalue weighted by Gasteiger charge is 2.31. The summed E-state index contributed by atoms with van der Waals surface area (Å²) in [6.45, 7) is 0. The predicted molar refractivity (Wildman–Crippen MR) is 193 cm³/mol. The van der Waals surface area contributed by atoms with Crippen LogP contribution in [0.5, 0.6) is 11.5 Å². The zero-order valence-electron chi connectivity index (χ0n) is 25.9. The summed E-state index contributed by atoms with van der Waals surface area (Å²) in [6, 6.07) is 50.3. The largest absolute Gasteiger partial charge is 0.507 e. The molecule has 0 fully saturated rings. The van der Waals surface area contributed by atoms with Gasteiger partial charge in [-0.25, -0.2) is 0 Å². The molecule has 0 spiro atoms. The quantitative estimate of drug-likeness (QED) is 0.165. The van der Waals surface area contributed by atoms with E-state index >= 15 is 0 Å². The minimum atomic E-state index is -0.178. The lowest BCUT2D eigenvalue weighted by atomic mass is 9.73. The molecule has 4 nitrogen and oxygen atoms in total. The number of phenols is 2. The molecule has 7 aromatic rings. The van der Waals surface area contributed by atoms with E-state index in [9.17, 15) is 19.8 Å². The molecular weight excluding hydrogens is 592 g/mol. The molecule has 0 saturated carbocycles. The van der Waals surface area contributed by atoms with Gasteiger partial charge in [0.15, 0.2) is 12.6 Å². The van der Waals surface area contributed by atoms with Gasteiger partial charge in [0.2, 0.25) is 0 Å². The van der Waals surface area contributed by atoms with Crippen LogP contribution in [0.3, 0.4) is 0 Å². The van der Waals surface area contributed by atoms with Gasteiger partial charge in [-0.1, -0.05) is 146 Å². The first-order valence-electron chi connectivity index (χ1n) is 15.6. The Hall–Kier alpha value is -6.52. The van der Waals surface area contributed by atoms with Gasteiger partial charge in [0, 0.05) is 22.3 Å². The van der Waals surface area contributed by atoms with Crippen LogP contribution in [-0.2, 0) is 0 Å². The molecule has 0 radical (unpaired) electrons. The first-order chi connectivity index (χ1) is 23.6. The molecule has 2 N–H and O–H groups in total. The molecule has 0 aromatic heterocycles. The fraction of sp³-hybridized carbons (Fsp3) is 0. The highest BCUT2D eigenvalue weighted by Crippen LogP contribution is 2.58. The summed E-state index contributed by atoms with van der Waals surface area (Å²) in [7, 11) is 0. The average Bonchev–Trinajstić information content (AvgIpc) is 3.15. The van der Waals surface area contributed by atoms with Crippen molar-refractivity contribution in [1.29, 1.82) is 0 Å². The Balaban J connectivity index is 1.87. The van der Waals surface area contributed by atoms with Crippen molar-refractivity contribution < 1.29 is 19.8 Å². The minimum absolute atomic E-state index is 0.137. The third kappa shape index (κ3) is 5.25. The van der Waals surface area contributed by atoms with Crippen LogP contribution in [0.2, 0.25) is 0 Å². The molecule has 0 heterocycles. The van der Waals surface area contributed by atoms with Crippen LogP contribution in [0.4, 0.5) is 0 Å². The second kappa shape index (κ2) is 13.1. The van der Waals surface area contributed by atoms with Crippen LogP contribution < -0.4 is 0 Å². The van der Waals surface area contributed by atoms with Crippen molar-refractivity contribution in [2.75, 3.05) is 0 Å². The van der Waals surface area contributed by atoms with E-state index in [4.69, 9.17) is 0 Å². The smallest absolute Gasteiger partial charge is 0.153 e. The number of aldehydes is 2. The molecule has 0 aliphatic heterocycles. The van der Waals surface area contributed by atoms with Crippen LogP contribution in [0, 0.1) is 0 Å². The molecule has 0 aliphatic rings. The van der Waals surface area contributed by atoms with E-state index in [0.717, 1.165) is 44.5 Å². The van der Waals surface area contributed by atoms with Gasteiger partial charge in [0.05, 0.1) is 11.1 Å². The summed E-state index contributed by atoms with van der Waals surface area (Å²) in [4.78, 5) is 24.5. The number of benzene rings is 7. The Morgan fingerprint density at radius 1 is 0.312 bits per heavy atom.